The maximum atomic E-state index is 12.2. The van der Waals surface area contributed by atoms with E-state index in [9.17, 15) is 4.79 Å². The van der Waals surface area contributed by atoms with Crippen LogP contribution in [0.25, 0.3) is 5.82 Å². The zero-order valence-corrected chi connectivity index (χ0v) is 13.3. The summed E-state index contributed by atoms with van der Waals surface area (Å²) in [5, 5.41) is 6.95. The van der Waals surface area contributed by atoms with Crippen molar-refractivity contribution in [2.45, 2.75) is 13.3 Å². The Morgan fingerprint density at radius 2 is 2.12 bits per heavy atom. The van der Waals surface area contributed by atoms with Crippen molar-refractivity contribution in [2.75, 3.05) is 11.9 Å². The molecule has 0 saturated heterocycles. The molecule has 2 aromatic heterocycles. The first-order chi connectivity index (χ1) is 11.8. The molecule has 0 saturated carbocycles. The Hall–Kier alpha value is -3.15. The first-order valence-electron chi connectivity index (χ1n) is 7.73. The van der Waals surface area contributed by atoms with Gasteiger partial charge in [-0.15, -0.1) is 0 Å². The van der Waals surface area contributed by atoms with Gasteiger partial charge >= 0.3 is 0 Å². The Morgan fingerprint density at radius 1 is 1.21 bits per heavy atom. The van der Waals surface area contributed by atoms with Gasteiger partial charge in [-0.05, 0) is 42.3 Å². The molecule has 1 amide bonds. The standard InChI is InChI=1S/C18H18N4O2/c1-2-14-6-3-7-15(12-14)24-13-17(23)21-16-8-4-9-19-18(16)22-11-5-10-20-22/h3-12H,2,13H2,1H3,(H,21,23). The molecule has 24 heavy (non-hydrogen) atoms. The molecule has 0 unspecified atom stereocenters. The molecule has 0 bridgehead atoms. The van der Waals surface area contributed by atoms with Crippen molar-refractivity contribution in [3.05, 3.63) is 66.6 Å². The van der Waals surface area contributed by atoms with Crippen LogP contribution in [0.15, 0.2) is 61.1 Å². The lowest BCUT2D eigenvalue weighted by molar-refractivity contribution is -0.118. The van der Waals surface area contributed by atoms with E-state index in [0.717, 1.165) is 6.42 Å². The number of aromatic nitrogens is 3. The Labute approximate surface area is 140 Å². The molecule has 6 nitrogen and oxygen atoms in total. The Morgan fingerprint density at radius 3 is 2.92 bits per heavy atom. The summed E-state index contributed by atoms with van der Waals surface area (Å²) >= 11 is 0. The number of hydrogen-bond acceptors (Lipinski definition) is 4. The summed E-state index contributed by atoms with van der Waals surface area (Å²) in [5.41, 5.74) is 1.75. The summed E-state index contributed by atoms with van der Waals surface area (Å²) in [5.74, 6) is 0.991. The Kier molecular flexibility index (Phi) is 4.86. The highest BCUT2D eigenvalue weighted by Crippen LogP contribution is 2.17. The number of benzene rings is 1. The highest BCUT2D eigenvalue weighted by atomic mass is 16.5. The summed E-state index contributed by atoms with van der Waals surface area (Å²) < 4.78 is 7.16. The van der Waals surface area contributed by atoms with Crippen molar-refractivity contribution < 1.29 is 9.53 Å². The van der Waals surface area contributed by atoms with E-state index in [2.05, 4.69) is 22.3 Å². The van der Waals surface area contributed by atoms with Crippen molar-refractivity contribution in [3.8, 4) is 11.6 Å². The highest BCUT2D eigenvalue weighted by Gasteiger charge is 2.10. The quantitative estimate of drug-likeness (QED) is 0.757. The largest absolute Gasteiger partial charge is 0.484 e. The van der Waals surface area contributed by atoms with Crippen molar-refractivity contribution in [1.29, 1.82) is 0 Å². The lowest BCUT2D eigenvalue weighted by atomic mass is 10.2. The minimum atomic E-state index is -0.252. The number of carbonyl (C=O) groups excluding carboxylic acids is 1. The van der Waals surface area contributed by atoms with E-state index in [-0.39, 0.29) is 12.5 Å². The molecule has 6 heteroatoms. The zero-order valence-electron chi connectivity index (χ0n) is 13.3. The molecular formula is C18H18N4O2. The number of aryl methyl sites for hydroxylation is 1. The zero-order chi connectivity index (χ0) is 16.8. The van der Waals surface area contributed by atoms with Crippen LogP contribution in [0.1, 0.15) is 12.5 Å². The third kappa shape index (κ3) is 3.78. The van der Waals surface area contributed by atoms with Crippen LogP contribution in [-0.4, -0.2) is 27.3 Å². The Balaban J connectivity index is 1.65. The van der Waals surface area contributed by atoms with E-state index in [4.69, 9.17) is 4.74 Å². The van der Waals surface area contributed by atoms with Crippen LogP contribution in [0.5, 0.6) is 5.75 Å². The number of amides is 1. The van der Waals surface area contributed by atoms with E-state index in [0.29, 0.717) is 17.3 Å². The fraction of sp³-hybridized carbons (Fsp3) is 0.167. The van der Waals surface area contributed by atoms with Crippen molar-refractivity contribution >= 4 is 11.6 Å². The van der Waals surface area contributed by atoms with E-state index in [1.807, 2.05) is 24.3 Å². The number of nitrogens with zero attached hydrogens (tertiary/aromatic N) is 3. The first kappa shape index (κ1) is 15.7. The number of pyridine rings is 1. The maximum absolute atomic E-state index is 12.2. The normalized spacial score (nSPS) is 10.4. The predicted molar refractivity (Wildman–Crippen MR) is 91.3 cm³/mol. The van der Waals surface area contributed by atoms with Crippen LogP contribution in [0, 0.1) is 0 Å². The summed E-state index contributed by atoms with van der Waals surface area (Å²) in [4.78, 5) is 16.4. The average Bonchev–Trinajstić information content (AvgIpc) is 3.15. The number of nitrogens with one attached hydrogen (secondary N) is 1. The molecule has 0 fully saturated rings. The van der Waals surface area contributed by atoms with Gasteiger partial charge in [-0.2, -0.15) is 5.10 Å². The van der Waals surface area contributed by atoms with Crippen LogP contribution >= 0.6 is 0 Å². The van der Waals surface area contributed by atoms with Gasteiger partial charge < -0.3 is 10.1 Å². The van der Waals surface area contributed by atoms with Crippen LogP contribution in [0.4, 0.5) is 5.69 Å². The molecule has 0 aliphatic heterocycles. The van der Waals surface area contributed by atoms with Gasteiger partial charge in [-0.25, -0.2) is 9.67 Å². The minimum absolute atomic E-state index is 0.0688. The van der Waals surface area contributed by atoms with Gasteiger partial charge in [-0.1, -0.05) is 19.1 Å². The first-order valence-corrected chi connectivity index (χ1v) is 7.73. The molecule has 0 spiro atoms. The SMILES string of the molecule is CCc1cccc(OCC(=O)Nc2cccnc2-n2cccn2)c1. The highest BCUT2D eigenvalue weighted by molar-refractivity contribution is 5.93. The van der Waals surface area contributed by atoms with Crippen LogP contribution < -0.4 is 10.1 Å². The van der Waals surface area contributed by atoms with Gasteiger partial charge in [-0.3, -0.25) is 4.79 Å². The van der Waals surface area contributed by atoms with E-state index < -0.39 is 0 Å². The summed E-state index contributed by atoms with van der Waals surface area (Å²) in [6.07, 6.45) is 6.00. The molecule has 3 aromatic rings. The lowest BCUT2D eigenvalue weighted by Gasteiger charge is -2.11. The van der Waals surface area contributed by atoms with Crippen molar-refractivity contribution in [1.82, 2.24) is 14.8 Å². The number of hydrogen-bond donors (Lipinski definition) is 1. The molecule has 1 N–H and O–H groups in total. The second-order valence-electron chi connectivity index (χ2n) is 5.16. The Bertz CT molecular complexity index is 815. The summed E-state index contributed by atoms with van der Waals surface area (Å²) in [6, 6.07) is 13.1. The van der Waals surface area contributed by atoms with E-state index in [1.54, 1.807) is 41.5 Å². The van der Waals surface area contributed by atoms with Crippen LogP contribution in [0.2, 0.25) is 0 Å². The molecule has 2 heterocycles. The van der Waals surface area contributed by atoms with Crippen molar-refractivity contribution in [2.24, 2.45) is 0 Å². The second-order valence-corrected chi connectivity index (χ2v) is 5.16. The van der Waals surface area contributed by atoms with Gasteiger partial charge in [0, 0.05) is 18.6 Å². The third-order valence-corrected chi connectivity index (χ3v) is 3.46. The van der Waals surface area contributed by atoms with Gasteiger partial charge in [0.2, 0.25) is 0 Å². The lowest BCUT2D eigenvalue weighted by Crippen LogP contribution is -2.21. The summed E-state index contributed by atoms with van der Waals surface area (Å²) in [6.45, 7) is 2.01. The molecular weight excluding hydrogens is 304 g/mol. The molecule has 0 aliphatic rings. The van der Waals surface area contributed by atoms with Gasteiger partial charge in [0.05, 0.1) is 5.69 Å². The van der Waals surface area contributed by atoms with Gasteiger partial charge in [0.25, 0.3) is 5.91 Å². The molecule has 0 radical (unpaired) electrons. The van der Waals surface area contributed by atoms with Crippen LogP contribution in [-0.2, 0) is 11.2 Å². The molecule has 0 aliphatic carbocycles. The molecule has 0 atom stereocenters. The summed E-state index contributed by atoms with van der Waals surface area (Å²) in [7, 11) is 0. The number of carbonyl (C=O) groups is 1. The van der Waals surface area contributed by atoms with Crippen LogP contribution in [0.3, 0.4) is 0 Å². The minimum Gasteiger partial charge on any atom is -0.484 e. The fourth-order valence-corrected chi connectivity index (χ4v) is 2.26. The average molecular weight is 322 g/mol. The molecule has 122 valence electrons. The van der Waals surface area contributed by atoms with Gasteiger partial charge in [0.15, 0.2) is 12.4 Å². The maximum Gasteiger partial charge on any atom is 0.262 e. The number of rotatable bonds is 6. The fourth-order valence-electron chi connectivity index (χ4n) is 2.26. The second kappa shape index (κ2) is 7.41. The van der Waals surface area contributed by atoms with Gasteiger partial charge in [0.1, 0.15) is 5.75 Å². The van der Waals surface area contributed by atoms with E-state index >= 15 is 0 Å². The molecule has 3 rings (SSSR count). The number of anilines is 1. The predicted octanol–water partition coefficient (Wildman–Crippen LogP) is 2.85. The topological polar surface area (TPSA) is 69.0 Å². The smallest absolute Gasteiger partial charge is 0.262 e. The van der Waals surface area contributed by atoms with Crippen molar-refractivity contribution in [3.63, 3.8) is 0 Å². The monoisotopic (exact) mass is 322 g/mol. The molecule has 1 aromatic carbocycles. The van der Waals surface area contributed by atoms with E-state index in [1.165, 1.54) is 5.56 Å². The third-order valence-electron chi connectivity index (χ3n) is 3.46. The number of ether oxygens (including phenoxy) is 1.